The van der Waals surface area contributed by atoms with E-state index in [1.165, 1.54) is 0 Å². The first-order chi connectivity index (χ1) is 12.2. The number of hydrogen-bond donors (Lipinski definition) is 1. The van der Waals surface area contributed by atoms with Gasteiger partial charge in [0.05, 0.1) is 17.8 Å². The summed E-state index contributed by atoms with van der Waals surface area (Å²) in [4.78, 5) is 29.1. The van der Waals surface area contributed by atoms with E-state index in [0.717, 1.165) is 29.4 Å². The van der Waals surface area contributed by atoms with Crippen molar-refractivity contribution in [2.45, 2.75) is 6.42 Å². The molecule has 2 amide bonds. The quantitative estimate of drug-likeness (QED) is 0.912. The number of ether oxygens (including phenoxy) is 1. The molecule has 6 nitrogen and oxygen atoms in total. The van der Waals surface area contributed by atoms with Gasteiger partial charge in [0.1, 0.15) is 0 Å². The zero-order valence-electron chi connectivity index (χ0n) is 13.7. The molecule has 7 heteroatoms. The molecule has 1 aromatic heterocycles. The molecule has 0 bridgehead atoms. The van der Waals surface area contributed by atoms with Gasteiger partial charge in [-0.1, -0.05) is 12.1 Å². The fourth-order valence-electron chi connectivity index (χ4n) is 3.22. The van der Waals surface area contributed by atoms with Gasteiger partial charge in [-0.2, -0.15) is 0 Å². The smallest absolute Gasteiger partial charge is 0.262 e. The average Bonchev–Trinajstić information content (AvgIpc) is 3.14. The Morgan fingerprint density at radius 3 is 2.76 bits per heavy atom. The minimum absolute atomic E-state index is 0.0449. The first-order valence-corrected chi connectivity index (χ1v) is 9.19. The Morgan fingerprint density at radius 2 is 2.00 bits per heavy atom. The summed E-state index contributed by atoms with van der Waals surface area (Å²) < 4.78 is 5.63. The second-order valence-electron chi connectivity index (χ2n) is 6.11. The molecule has 2 aromatic rings. The standard InChI is InChI=1S/C18H19N3O3S/c22-16-12-24-18-14(19-16)4-1-5-15(18)20-6-8-21(9-7-20)17(23)11-13-3-2-10-25-13/h1-5,10H,6-9,11-12H2,(H,19,22). The zero-order valence-corrected chi connectivity index (χ0v) is 14.6. The monoisotopic (exact) mass is 357 g/mol. The summed E-state index contributed by atoms with van der Waals surface area (Å²) in [6.45, 7) is 2.94. The fraction of sp³-hybridized carbons (Fsp3) is 0.333. The van der Waals surface area contributed by atoms with Crippen LogP contribution < -0.4 is 15.0 Å². The van der Waals surface area contributed by atoms with Crippen molar-refractivity contribution in [3.05, 3.63) is 40.6 Å². The molecule has 0 aliphatic carbocycles. The minimum Gasteiger partial charge on any atom is -0.479 e. The van der Waals surface area contributed by atoms with Crippen molar-refractivity contribution in [3.63, 3.8) is 0 Å². The van der Waals surface area contributed by atoms with Crippen LogP contribution in [0.4, 0.5) is 11.4 Å². The lowest BCUT2D eigenvalue weighted by Crippen LogP contribution is -2.49. The van der Waals surface area contributed by atoms with E-state index in [9.17, 15) is 9.59 Å². The van der Waals surface area contributed by atoms with Crippen LogP contribution in [-0.4, -0.2) is 49.5 Å². The van der Waals surface area contributed by atoms with Crippen molar-refractivity contribution >= 4 is 34.5 Å². The third kappa shape index (κ3) is 3.32. The average molecular weight is 357 g/mol. The lowest BCUT2D eigenvalue weighted by molar-refractivity contribution is -0.130. The van der Waals surface area contributed by atoms with Crippen LogP contribution in [0.25, 0.3) is 0 Å². The number of carbonyl (C=O) groups excluding carboxylic acids is 2. The third-order valence-electron chi connectivity index (χ3n) is 4.49. The molecule has 1 fully saturated rings. The number of amides is 2. The van der Waals surface area contributed by atoms with Gasteiger partial charge in [-0.3, -0.25) is 9.59 Å². The lowest BCUT2D eigenvalue weighted by atomic mass is 10.2. The molecular weight excluding hydrogens is 338 g/mol. The highest BCUT2D eigenvalue weighted by Crippen LogP contribution is 2.38. The number of carbonyl (C=O) groups is 2. The maximum absolute atomic E-state index is 12.4. The molecule has 3 heterocycles. The maximum Gasteiger partial charge on any atom is 0.262 e. The van der Waals surface area contributed by atoms with Gasteiger partial charge >= 0.3 is 0 Å². The predicted octanol–water partition coefficient (Wildman–Crippen LogP) is 1.97. The summed E-state index contributed by atoms with van der Waals surface area (Å²) in [5.41, 5.74) is 1.69. The highest BCUT2D eigenvalue weighted by atomic mass is 32.1. The van der Waals surface area contributed by atoms with Gasteiger partial charge in [0.15, 0.2) is 12.4 Å². The van der Waals surface area contributed by atoms with Crippen LogP contribution in [-0.2, 0) is 16.0 Å². The van der Waals surface area contributed by atoms with Crippen LogP contribution in [0.15, 0.2) is 35.7 Å². The number of anilines is 2. The number of benzene rings is 1. The van der Waals surface area contributed by atoms with Gasteiger partial charge in [-0.15, -0.1) is 11.3 Å². The van der Waals surface area contributed by atoms with Gasteiger partial charge in [0.25, 0.3) is 5.91 Å². The van der Waals surface area contributed by atoms with Crippen LogP contribution in [0.5, 0.6) is 5.75 Å². The summed E-state index contributed by atoms with van der Waals surface area (Å²) in [6, 6.07) is 9.73. The van der Waals surface area contributed by atoms with Crippen LogP contribution in [0.2, 0.25) is 0 Å². The number of rotatable bonds is 3. The molecular formula is C18H19N3O3S. The molecule has 1 saturated heterocycles. The molecule has 0 saturated carbocycles. The zero-order chi connectivity index (χ0) is 17.2. The summed E-state index contributed by atoms with van der Waals surface area (Å²) >= 11 is 1.62. The van der Waals surface area contributed by atoms with Crippen LogP contribution in [0.3, 0.4) is 0 Å². The second-order valence-corrected chi connectivity index (χ2v) is 7.15. The van der Waals surface area contributed by atoms with E-state index in [2.05, 4.69) is 10.2 Å². The number of hydrogen-bond acceptors (Lipinski definition) is 5. The van der Waals surface area contributed by atoms with Gasteiger partial charge in [-0.25, -0.2) is 0 Å². The largest absolute Gasteiger partial charge is 0.479 e. The Hall–Kier alpha value is -2.54. The van der Waals surface area contributed by atoms with Crippen molar-refractivity contribution in [3.8, 4) is 5.75 Å². The highest BCUT2D eigenvalue weighted by Gasteiger charge is 2.26. The summed E-state index contributed by atoms with van der Waals surface area (Å²) in [7, 11) is 0. The maximum atomic E-state index is 12.4. The molecule has 0 spiro atoms. The molecule has 0 unspecified atom stereocenters. The number of nitrogens with zero attached hydrogens (tertiary/aromatic N) is 2. The van der Waals surface area contributed by atoms with Gasteiger partial charge in [0.2, 0.25) is 5.91 Å². The van der Waals surface area contributed by atoms with Crippen molar-refractivity contribution in [2.24, 2.45) is 0 Å². The lowest BCUT2D eigenvalue weighted by Gasteiger charge is -2.37. The molecule has 25 heavy (non-hydrogen) atoms. The van der Waals surface area contributed by atoms with Crippen molar-refractivity contribution in [1.82, 2.24) is 4.90 Å². The summed E-state index contributed by atoms with van der Waals surface area (Å²) in [5, 5.41) is 4.84. The fourth-order valence-corrected chi connectivity index (χ4v) is 3.91. The minimum atomic E-state index is -0.131. The number of piperazine rings is 1. The molecule has 4 rings (SSSR count). The van der Waals surface area contributed by atoms with E-state index in [4.69, 9.17) is 4.74 Å². The molecule has 0 atom stereocenters. The number of thiophene rings is 1. The Labute approximate surface area is 150 Å². The molecule has 0 radical (unpaired) electrons. The van der Waals surface area contributed by atoms with E-state index in [1.807, 2.05) is 40.6 Å². The van der Waals surface area contributed by atoms with Crippen molar-refractivity contribution in [2.75, 3.05) is 43.0 Å². The molecule has 1 aromatic carbocycles. The number of para-hydroxylation sites is 1. The Balaban J connectivity index is 1.41. The highest BCUT2D eigenvalue weighted by molar-refractivity contribution is 7.10. The normalized spacial score (nSPS) is 16.9. The SMILES string of the molecule is O=C1COc2c(cccc2N2CCN(C(=O)Cc3cccs3)CC2)N1. The van der Waals surface area contributed by atoms with Gasteiger partial charge < -0.3 is 19.9 Å². The van der Waals surface area contributed by atoms with Crippen molar-refractivity contribution in [1.29, 1.82) is 0 Å². The van der Waals surface area contributed by atoms with Crippen LogP contribution in [0.1, 0.15) is 4.88 Å². The predicted molar refractivity (Wildman–Crippen MR) is 97.4 cm³/mol. The third-order valence-corrected chi connectivity index (χ3v) is 5.37. The molecule has 130 valence electrons. The van der Waals surface area contributed by atoms with E-state index >= 15 is 0 Å². The molecule has 2 aliphatic heterocycles. The van der Waals surface area contributed by atoms with E-state index in [1.54, 1.807) is 11.3 Å². The van der Waals surface area contributed by atoms with Gasteiger partial charge in [0, 0.05) is 31.1 Å². The topological polar surface area (TPSA) is 61.9 Å². The number of nitrogens with one attached hydrogen (secondary N) is 1. The van der Waals surface area contributed by atoms with E-state index in [0.29, 0.717) is 25.2 Å². The number of fused-ring (bicyclic) bond motifs is 1. The summed E-state index contributed by atoms with van der Waals surface area (Å²) in [5.74, 6) is 0.773. The Morgan fingerprint density at radius 1 is 1.16 bits per heavy atom. The van der Waals surface area contributed by atoms with E-state index in [-0.39, 0.29) is 18.4 Å². The first kappa shape index (κ1) is 16.0. The van der Waals surface area contributed by atoms with Crippen molar-refractivity contribution < 1.29 is 14.3 Å². The first-order valence-electron chi connectivity index (χ1n) is 8.31. The summed E-state index contributed by atoms with van der Waals surface area (Å²) in [6.07, 6.45) is 0.480. The molecule has 2 aliphatic rings. The molecule has 1 N–H and O–H groups in total. The van der Waals surface area contributed by atoms with Crippen LogP contribution in [0, 0.1) is 0 Å². The van der Waals surface area contributed by atoms with Crippen LogP contribution >= 0.6 is 11.3 Å². The van der Waals surface area contributed by atoms with E-state index < -0.39 is 0 Å². The van der Waals surface area contributed by atoms with Gasteiger partial charge in [-0.05, 0) is 23.6 Å². The second kappa shape index (κ2) is 6.76. The Kier molecular flexibility index (Phi) is 4.31. The Bertz CT molecular complexity index is 783.